The van der Waals surface area contributed by atoms with Gasteiger partial charge in [0.25, 0.3) is 0 Å². The van der Waals surface area contributed by atoms with Crippen LogP contribution in [0.5, 0.6) is 0 Å². The van der Waals surface area contributed by atoms with Crippen molar-refractivity contribution in [1.82, 2.24) is 0 Å². The van der Waals surface area contributed by atoms with Crippen molar-refractivity contribution in [3.05, 3.63) is 19.1 Å². The molecule has 0 heterocycles. The van der Waals surface area contributed by atoms with Gasteiger partial charge in [-0.2, -0.15) is 0 Å². The molecular formula is C14H27. The third kappa shape index (κ3) is 8.34. The maximum atomic E-state index is 3.91. The van der Waals surface area contributed by atoms with Crippen LogP contribution in [0.25, 0.3) is 0 Å². The van der Waals surface area contributed by atoms with Crippen molar-refractivity contribution >= 4 is 0 Å². The highest BCUT2D eigenvalue weighted by atomic mass is 14.1. The van der Waals surface area contributed by atoms with Gasteiger partial charge in [-0.05, 0) is 25.2 Å². The molecule has 0 nitrogen and oxygen atoms in total. The van der Waals surface area contributed by atoms with Gasteiger partial charge in [-0.25, -0.2) is 0 Å². The lowest BCUT2D eigenvalue weighted by molar-refractivity contribution is 0.561. The normalized spacial score (nSPS) is 12.7. The fourth-order valence-electron chi connectivity index (χ4n) is 1.69. The molecule has 0 aliphatic rings. The Morgan fingerprint density at radius 3 is 2.21 bits per heavy atom. The van der Waals surface area contributed by atoms with Crippen molar-refractivity contribution < 1.29 is 0 Å². The molecule has 0 bridgehead atoms. The Morgan fingerprint density at radius 1 is 1.00 bits per heavy atom. The summed E-state index contributed by atoms with van der Waals surface area (Å²) in [6, 6.07) is 0. The van der Waals surface area contributed by atoms with Gasteiger partial charge in [0, 0.05) is 0 Å². The molecule has 0 aromatic carbocycles. The summed E-state index contributed by atoms with van der Waals surface area (Å²) in [6.07, 6.45) is 15.2. The highest BCUT2D eigenvalue weighted by molar-refractivity contribution is 4.89. The third-order valence-corrected chi connectivity index (χ3v) is 2.72. The summed E-state index contributed by atoms with van der Waals surface area (Å²) in [5.74, 6) is 0.665. The minimum atomic E-state index is 0.665. The molecule has 0 fully saturated rings. The Morgan fingerprint density at radius 2 is 1.64 bits per heavy atom. The average molecular weight is 195 g/mol. The second kappa shape index (κ2) is 10.8. The zero-order valence-corrected chi connectivity index (χ0v) is 10.1. The van der Waals surface area contributed by atoms with Crippen molar-refractivity contribution in [2.75, 3.05) is 0 Å². The molecule has 0 aromatic rings. The molecule has 0 aromatic heterocycles. The molecule has 0 N–H and O–H groups in total. The van der Waals surface area contributed by atoms with E-state index in [0.29, 0.717) is 5.92 Å². The first-order valence-corrected chi connectivity index (χ1v) is 6.31. The van der Waals surface area contributed by atoms with Crippen LogP contribution >= 0.6 is 0 Å². The number of hydrogen-bond acceptors (Lipinski definition) is 0. The highest BCUT2D eigenvalue weighted by Gasteiger charge is 2.03. The van der Waals surface area contributed by atoms with Crippen LogP contribution in [-0.4, -0.2) is 0 Å². The van der Waals surface area contributed by atoms with Crippen LogP contribution in [0.1, 0.15) is 65.2 Å². The summed E-state index contributed by atoms with van der Waals surface area (Å²) < 4.78 is 0. The lowest BCUT2D eigenvalue weighted by Crippen LogP contribution is -1.97. The van der Waals surface area contributed by atoms with Gasteiger partial charge in [-0.15, -0.1) is 6.58 Å². The summed E-state index contributed by atoms with van der Waals surface area (Å²) >= 11 is 0. The molecule has 0 rings (SSSR count). The SMILES string of the molecule is C=CC([CH]CCCCC)CCCCC. The second-order valence-corrected chi connectivity index (χ2v) is 4.13. The summed E-state index contributed by atoms with van der Waals surface area (Å²) in [4.78, 5) is 0. The molecule has 0 heteroatoms. The number of rotatable bonds is 10. The maximum absolute atomic E-state index is 3.91. The Bertz CT molecular complexity index is 115. The van der Waals surface area contributed by atoms with Gasteiger partial charge in [0.1, 0.15) is 0 Å². The molecule has 0 amide bonds. The Labute approximate surface area is 90.8 Å². The number of allylic oxidation sites excluding steroid dienone is 1. The van der Waals surface area contributed by atoms with Gasteiger partial charge in [0.15, 0.2) is 0 Å². The Hall–Kier alpha value is -0.260. The summed E-state index contributed by atoms with van der Waals surface area (Å²) in [5, 5.41) is 0. The molecular weight excluding hydrogens is 168 g/mol. The topological polar surface area (TPSA) is 0 Å². The first-order valence-electron chi connectivity index (χ1n) is 6.31. The molecule has 0 saturated heterocycles. The largest absolute Gasteiger partial charge is 0.103 e. The third-order valence-electron chi connectivity index (χ3n) is 2.72. The minimum absolute atomic E-state index is 0.665. The van der Waals surface area contributed by atoms with Crippen LogP contribution < -0.4 is 0 Å². The molecule has 1 radical (unpaired) electrons. The minimum Gasteiger partial charge on any atom is -0.103 e. The van der Waals surface area contributed by atoms with Crippen LogP contribution in [0.4, 0.5) is 0 Å². The van der Waals surface area contributed by atoms with Gasteiger partial charge in [-0.1, -0.05) is 58.4 Å². The van der Waals surface area contributed by atoms with E-state index in [1.807, 2.05) is 0 Å². The van der Waals surface area contributed by atoms with Crippen LogP contribution in [0.15, 0.2) is 12.7 Å². The molecule has 1 atom stereocenters. The van der Waals surface area contributed by atoms with E-state index in [0.717, 1.165) is 0 Å². The van der Waals surface area contributed by atoms with Gasteiger partial charge in [-0.3, -0.25) is 0 Å². The molecule has 0 aliphatic heterocycles. The van der Waals surface area contributed by atoms with Crippen molar-refractivity contribution in [1.29, 1.82) is 0 Å². The standard InChI is InChI=1S/C14H27/c1-4-7-9-11-13-14(6-3)12-10-8-5-2/h6,13-14H,3-5,7-12H2,1-2H3. The summed E-state index contributed by atoms with van der Waals surface area (Å²) in [6.45, 7) is 8.42. The molecule has 0 aliphatic carbocycles. The zero-order valence-electron chi connectivity index (χ0n) is 10.1. The summed E-state index contributed by atoms with van der Waals surface area (Å²) in [5.41, 5.74) is 0. The van der Waals surface area contributed by atoms with Gasteiger partial charge >= 0.3 is 0 Å². The van der Waals surface area contributed by atoms with E-state index in [9.17, 15) is 0 Å². The van der Waals surface area contributed by atoms with E-state index in [1.54, 1.807) is 0 Å². The number of hydrogen-bond donors (Lipinski definition) is 0. The van der Waals surface area contributed by atoms with Crippen LogP contribution in [0.2, 0.25) is 0 Å². The Kier molecular flexibility index (Phi) is 10.6. The van der Waals surface area contributed by atoms with Crippen molar-refractivity contribution in [3.63, 3.8) is 0 Å². The van der Waals surface area contributed by atoms with E-state index in [2.05, 4.69) is 32.9 Å². The lowest BCUT2D eigenvalue weighted by Gasteiger charge is -2.11. The quantitative estimate of drug-likeness (QED) is 0.334. The highest BCUT2D eigenvalue weighted by Crippen LogP contribution is 2.17. The van der Waals surface area contributed by atoms with E-state index in [-0.39, 0.29) is 0 Å². The van der Waals surface area contributed by atoms with Gasteiger partial charge in [0.2, 0.25) is 0 Å². The smallest absolute Gasteiger partial charge is 0.0205 e. The molecule has 0 saturated carbocycles. The van der Waals surface area contributed by atoms with E-state index < -0.39 is 0 Å². The van der Waals surface area contributed by atoms with E-state index in [1.165, 1.54) is 51.4 Å². The zero-order chi connectivity index (χ0) is 10.6. The van der Waals surface area contributed by atoms with Crippen molar-refractivity contribution in [2.45, 2.75) is 65.2 Å². The molecule has 83 valence electrons. The summed E-state index contributed by atoms with van der Waals surface area (Å²) in [7, 11) is 0. The maximum Gasteiger partial charge on any atom is -0.0205 e. The van der Waals surface area contributed by atoms with Crippen LogP contribution in [0, 0.1) is 12.3 Å². The van der Waals surface area contributed by atoms with Gasteiger partial charge in [0.05, 0.1) is 0 Å². The molecule has 0 spiro atoms. The molecule has 1 unspecified atom stereocenters. The average Bonchev–Trinajstić information content (AvgIpc) is 2.22. The van der Waals surface area contributed by atoms with Crippen LogP contribution in [-0.2, 0) is 0 Å². The fourth-order valence-corrected chi connectivity index (χ4v) is 1.69. The van der Waals surface area contributed by atoms with Crippen LogP contribution in [0.3, 0.4) is 0 Å². The number of unbranched alkanes of at least 4 members (excludes halogenated alkanes) is 5. The van der Waals surface area contributed by atoms with Crippen molar-refractivity contribution in [2.24, 2.45) is 5.92 Å². The van der Waals surface area contributed by atoms with E-state index >= 15 is 0 Å². The van der Waals surface area contributed by atoms with Crippen molar-refractivity contribution in [3.8, 4) is 0 Å². The second-order valence-electron chi connectivity index (χ2n) is 4.13. The fraction of sp³-hybridized carbons (Fsp3) is 0.786. The first-order chi connectivity index (χ1) is 6.85. The van der Waals surface area contributed by atoms with Gasteiger partial charge < -0.3 is 0 Å². The monoisotopic (exact) mass is 195 g/mol. The van der Waals surface area contributed by atoms with E-state index in [4.69, 9.17) is 0 Å². The lowest BCUT2D eigenvalue weighted by atomic mass is 9.95. The predicted molar refractivity (Wildman–Crippen MR) is 66.3 cm³/mol. The Balaban J connectivity index is 3.33. The molecule has 14 heavy (non-hydrogen) atoms. The predicted octanol–water partition coefficient (Wildman–Crippen LogP) is 5.15. The first kappa shape index (κ1) is 13.7.